The Balaban J connectivity index is 1.55. The van der Waals surface area contributed by atoms with Gasteiger partial charge in [-0.25, -0.2) is 0 Å². The Kier molecular flexibility index (Phi) is 4.02. The van der Waals surface area contributed by atoms with E-state index in [-0.39, 0.29) is 5.54 Å². The minimum absolute atomic E-state index is 0.123. The molecule has 3 heteroatoms. The van der Waals surface area contributed by atoms with Crippen molar-refractivity contribution in [1.29, 1.82) is 0 Å². The van der Waals surface area contributed by atoms with Crippen LogP contribution < -0.4 is 11.1 Å². The molecule has 0 amide bonds. The summed E-state index contributed by atoms with van der Waals surface area (Å²) in [5, 5.41) is 3.44. The van der Waals surface area contributed by atoms with Crippen LogP contribution in [0.2, 0.25) is 0 Å². The fourth-order valence-corrected chi connectivity index (χ4v) is 2.46. The largest absolute Gasteiger partial charge is 0.469 e. The standard InChI is InChI=1S/C13H22N2O/c14-13(6-1-2-7-13)8-10-15-9-5-12-4-3-11-16-12/h3-4,11,15H,1-2,5-10,14H2. The van der Waals surface area contributed by atoms with Crippen LogP contribution in [0.1, 0.15) is 37.9 Å². The van der Waals surface area contributed by atoms with Gasteiger partial charge < -0.3 is 15.5 Å². The van der Waals surface area contributed by atoms with E-state index in [2.05, 4.69) is 5.32 Å². The van der Waals surface area contributed by atoms with Crippen molar-refractivity contribution in [2.75, 3.05) is 13.1 Å². The Morgan fingerprint density at radius 3 is 2.81 bits per heavy atom. The van der Waals surface area contributed by atoms with Gasteiger partial charge in [-0.05, 0) is 37.9 Å². The van der Waals surface area contributed by atoms with Crippen LogP contribution in [0.25, 0.3) is 0 Å². The first kappa shape index (κ1) is 11.7. The Morgan fingerprint density at radius 2 is 2.12 bits per heavy atom. The highest BCUT2D eigenvalue weighted by molar-refractivity contribution is 4.98. The van der Waals surface area contributed by atoms with Gasteiger partial charge in [0, 0.05) is 18.5 Å². The molecule has 0 atom stereocenters. The monoisotopic (exact) mass is 222 g/mol. The van der Waals surface area contributed by atoms with Gasteiger partial charge in [0.25, 0.3) is 0 Å². The Bertz CT molecular complexity index is 289. The summed E-state index contributed by atoms with van der Waals surface area (Å²) in [4.78, 5) is 0. The van der Waals surface area contributed by atoms with Crippen molar-refractivity contribution in [3.05, 3.63) is 24.2 Å². The quantitative estimate of drug-likeness (QED) is 0.724. The van der Waals surface area contributed by atoms with Gasteiger partial charge in [0.1, 0.15) is 5.76 Å². The van der Waals surface area contributed by atoms with Crippen molar-refractivity contribution in [3.63, 3.8) is 0 Å². The zero-order valence-corrected chi connectivity index (χ0v) is 9.87. The number of nitrogens with two attached hydrogens (primary N) is 1. The molecule has 0 bridgehead atoms. The second-order valence-corrected chi connectivity index (χ2v) is 4.90. The van der Waals surface area contributed by atoms with E-state index in [4.69, 9.17) is 10.2 Å². The molecule has 1 fully saturated rings. The third-order valence-electron chi connectivity index (χ3n) is 3.53. The lowest BCUT2D eigenvalue weighted by molar-refractivity contribution is 0.392. The maximum Gasteiger partial charge on any atom is 0.105 e. The SMILES string of the molecule is NC1(CCNCCc2ccco2)CCCC1. The number of hydrogen-bond donors (Lipinski definition) is 2. The summed E-state index contributed by atoms with van der Waals surface area (Å²) in [6, 6.07) is 3.95. The molecule has 0 saturated heterocycles. The van der Waals surface area contributed by atoms with Gasteiger partial charge in [-0.2, -0.15) is 0 Å². The van der Waals surface area contributed by atoms with Crippen molar-refractivity contribution in [2.45, 2.75) is 44.1 Å². The summed E-state index contributed by atoms with van der Waals surface area (Å²) in [5.41, 5.74) is 6.40. The topological polar surface area (TPSA) is 51.2 Å². The Labute approximate surface area is 97.4 Å². The Morgan fingerprint density at radius 1 is 1.31 bits per heavy atom. The van der Waals surface area contributed by atoms with E-state index in [1.807, 2.05) is 12.1 Å². The molecule has 0 spiro atoms. The van der Waals surface area contributed by atoms with Crippen LogP contribution in [0.4, 0.5) is 0 Å². The maximum absolute atomic E-state index is 6.28. The molecule has 1 aromatic heterocycles. The molecule has 0 aliphatic heterocycles. The summed E-state index contributed by atoms with van der Waals surface area (Å²) < 4.78 is 5.27. The molecule has 3 N–H and O–H groups in total. The van der Waals surface area contributed by atoms with E-state index in [0.29, 0.717) is 0 Å². The zero-order valence-electron chi connectivity index (χ0n) is 9.87. The molecule has 0 aromatic carbocycles. The van der Waals surface area contributed by atoms with Crippen LogP contribution in [0.5, 0.6) is 0 Å². The van der Waals surface area contributed by atoms with Crippen LogP contribution in [-0.2, 0) is 6.42 Å². The lowest BCUT2D eigenvalue weighted by Gasteiger charge is -2.23. The molecule has 1 heterocycles. The molecular formula is C13H22N2O. The molecule has 90 valence electrons. The highest BCUT2D eigenvalue weighted by Crippen LogP contribution is 2.29. The molecule has 2 rings (SSSR count). The van der Waals surface area contributed by atoms with Crippen LogP contribution in [-0.4, -0.2) is 18.6 Å². The minimum Gasteiger partial charge on any atom is -0.469 e. The number of rotatable bonds is 6. The lowest BCUT2D eigenvalue weighted by atomic mass is 9.95. The van der Waals surface area contributed by atoms with E-state index < -0.39 is 0 Å². The van der Waals surface area contributed by atoms with E-state index >= 15 is 0 Å². The van der Waals surface area contributed by atoms with Crippen LogP contribution >= 0.6 is 0 Å². The van der Waals surface area contributed by atoms with Gasteiger partial charge in [-0.15, -0.1) is 0 Å². The van der Waals surface area contributed by atoms with Crippen molar-refractivity contribution < 1.29 is 4.42 Å². The fourth-order valence-electron chi connectivity index (χ4n) is 2.46. The molecule has 0 unspecified atom stereocenters. The van der Waals surface area contributed by atoms with Gasteiger partial charge in [-0.1, -0.05) is 12.8 Å². The lowest BCUT2D eigenvalue weighted by Crippen LogP contribution is -2.39. The summed E-state index contributed by atoms with van der Waals surface area (Å²) in [6.45, 7) is 2.00. The highest BCUT2D eigenvalue weighted by Gasteiger charge is 2.28. The van der Waals surface area contributed by atoms with Crippen LogP contribution in [0.15, 0.2) is 22.8 Å². The number of furan rings is 1. The fraction of sp³-hybridized carbons (Fsp3) is 0.692. The van der Waals surface area contributed by atoms with Crippen LogP contribution in [0.3, 0.4) is 0 Å². The van der Waals surface area contributed by atoms with Gasteiger partial charge in [0.05, 0.1) is 6.26 Å². The van der Waals surface area contributed by atoms with Crippen molar-refractivity contribution >= 4 is 0 Å². The first-order chi connectivity index (χ1) is 7.79. The third-order valence-corrected chi connectivity index (χ3v) is 3.53. The molecule has 1 aliphatic carbocycles. The van der Waals surface area contributed by atoms with E-state index in [1.165, 1.54) is 25.7 Å². The normalized spacial score (nSPS) is 19.1. The summed E-state index contributed by atoms with van der Waals surface area (Å²) >= 11 is 0. The first-order valence-corrected chi connectivity index (χ1v) is 6.31. The second kappa shape index (κ2) is 5.51. The predicted molar refractivity (Wildman–Crippen MR) is 65.3 cm³/mol. The zero-order chi connectivity index (χ0) is 11.3. The molecule has 3 nitrogen and oxygen atoms in total. The summed E-state index contributed by atoms with van der Waals surface area (Å²) in [6.07, 6.45) is 8.81. The smallest absolute Gasteiger partial charge is 0.105 e. The van der Waals surface area contributed by atoms with E-state index in [1.54, 1.807) is 6.26 Å². The molecule has 16 heavy (non-hydrogen) atoms. The highest BCUT2D eigenvalue weighted by atomic mass is 16.3. The maximum atomic E-state index is 6.28. The second-order valence-electron chi connectivity index (χ2n) is 4.90. The molecule has 0 radical (unpaired) electrons. The van der Waals surface area contributed by atoms with Crippen molar-refractivity contribution in [1.82, 2.24) is 5.32 Å². The number of hydrogen-bond acceptors (Lipinski definition) is 3. The third kappa shape index (κ3) is 3.35. The molecule has 1 saturated carbocycles. The van der Waals surface area contributed by atoms with Gasteiger partial charge in [0.15, 0.2) is 0 Å². The van der Waals surface area contributed by atoms with Gasteiger partial charge in [0.2, 0.25) is 0 Å². The average Bonchev–Trinajstić information content (AvgIpc) is 2.89. The average molecular weight is 222 g/mol. The summed E-state index contributed by atoms with van der Waals surface area (Å²) in [5.74, 6) is 1.05. The number of nitrogens with one attached hydrogen (secondary N) is 1. The molecular weight excluding hydrogens is 200 g/mol. The van der Waals surface area contributed by atoms with Crippen LogP contribution in [0, 0.1) is 0 Å². The van der Waals surface area contributed by atoms with E-state index in [9.17, 15) is 0 Å². The van der Waals surface area contributed by atoms with E-state index in [0.717, 1.165) is 31.7 Å². The summed E-state index contributed by atoms with van der Waals surface area (Å²) in [7, 11) is 0. The molecule has 1 aromatic rings. The molecule has 1 aliphatic rings. The Hall–Kier alpha value is -0.800. The first-order valence-electron chi connectivity index (χ1n) is 6.31. The predicted octanol–water partition coefficient (Wildman–Crippen LogP) is 2.07. The minimum atomic E-state index is 0.123. The van der Waals surface area contributed by atoms with Crippen molar-refractivity contribution in [3.8, 4) is 0 Å². The van der Waals surface area contributed by atoms with Crippen molar-refractivity contribution in [2.24, 2.45) is 5.73 Å². The van der Waals surface area contributed by atoms with Gasteiger partial charge in [-0.3, -0.25) is 0 Å². The van der Waals surface area contributed by atoms with Gasteiger partial charge >= 0.3 is 0 Å².